The Morgan fingerprint density at radius 2 is 1.69 bits per heavy atom. The minimum absolute atomic E-state index is 0.192. The van der Waals surface area contributed by atoms with E-state index < -0.39 is 11.5 Å². The summed E-state index contributed by atoms with van der Waals surface area (Å²) in [7, 11) is 4.44. The number of hydrogen-bond donors (Lipinski definition) is 1. The van der Waals surface area contributed by atoms with Crippen molar-refractivity contribution in [3.05, 3.63) is 59.7 Å². The summed E-state index contributed by atoms with van der Waals surface area (Å²) in [5, 5.41) is 2.86. The number of hydrogen-bond acceptors (Lipinski definition) is 5. The normalized spacial score (nSPS) is 20.8. The summed E-state index contributed by atoms with van der Waals surface area (Å²) >= 11 is 0. The number of esters is 1. The Morgan fingerprint density at radius 3 is 2.31 bits per heavy atom. The Hall–Kier alpha value is -3.02. The van der Waals surface area contributed by atoms with Crippen molar-refractivity contribution in [3.8, 4) is 11.5 Å². The van der Waals surface area contributed by atoms with E-state index >= 15 is 0 Å². The number of benzene rings is 2. The molecule has 0 aromatic heterocycles. The van der Waals surface area contributed by atoms with Gasteiger partial charge in [0, 0.05) is 11.5 Å². The lowest BCUT2D eigenvalue weighted by molar-refractivity contribution is -0.144. The number of carbonyl (C=O) groups excluding carboxylic acids is 2. The number of nitrogens with one attached hydrogen (secondary N) is 1. The average Bonchev–Trinajstić information content (AvgIpc) is 3.42. The maximum Gasteiger partial charge on any atom is 0.332 e. The minimum Gasteiger partial charge on any atom is -0.493 e. The van der Waals surface area contributed by atoms with Gasteiger partial charge in [0.25, 0.3) is 5.91 Å². The van der Waals surface area contributed by atoms with E-state index in [1.807, 2.05) is 18.2 Å². The van der Waals surface area contributed by atoms with Crippen molar-refractivity contribution in [1.82, 2.24) is 5.32 Å². The van der Waals surface area contributed by atoms with E-state index in [4.69, 9.17) is 14.2 Å². The van der Waals surface area contributed by atoms with Crippen LogP contribution in [-0.2, 0) is 9.53 Å². The third kappa shape index (κ3) is 3.10. The number of ether oxygens (including phenoxy) is 3. The number of rotatable bonds is 6. The summed E-state index contributed by atoms with van der Waals surface area (Å²) < 4.78 is 15.5. The van der Waals surface area contributed by atoms with E-state index in [0.29, 0.717) is 23.5 Å². The standard InChI is InChI=1S/C20H21NO5/c1-24-16-10-9-14(11-17(16)25-2)15-12-20(15,19(23)26-3)21-18(22)13-7-5-4-6-8-13/h4-11,15H,12H2,1-3H3,(H,21,22)/t15-,20-/m1/s1. The van der Waals surface area contributed by atoms with Crippen molar-refractivity contribution in [2.75, 3.05) is 21.3 Å². The molecule has 0 saturated heterocycles. The van der Waals surface area contributed by atoms with E-state index in [0.717, 1.165) is 5.56 Å². The Bertz CT molecular complexity index is 820. The van der Waals surface area contributed by atoms with Gasteiger partial charge in [-0.25, -0.2) is 4.79 Å². The van der Waals surface area contributed by atoms with Crippen LogP contribution in [0.1, 0.15) is 28.3 Å². The van der Waals surface area contributed by atoms with Crippen LogP contribution in [0.25, 0.3) is 0 Å². The molecule has 1 N–H and O–H groups in total. The molecule has 1 aliphatic rings. The molecule has 6 nitrogen and oxygen atoms in total. The molecule has 1 amide bonds. The van der Waals surface area contributed by atoms with Crippen molar-refractivity contribution >= 4 is 11.9 Å². The molecular weight excluding hydrogens is 334 g/mol. The fourth-order valence-electron chi connectivity index (χ4n) is 3.20. The van der Waals surface area contributed by atoms with Gasteiger partial charge in [0.2, 0.25) is 0 Å². The van der Waals surface area contributed by atoms with Gasteiger partial charge in [0.15, 0.2) is 11.5 Å². The highest BCUT2D eigenvalue weighted by Gasteiger charge is 2.63. The number of amides is 1. The molecule has 0 unspecified atom stereocenters. The third-order valence-corrected chi connectivity index (χ3v) is 4.69. The summed E-state index contributed by atoms with van der Waals surface area (Å²) in [5.74, 6) is 0.224. The summed E-state index contributed by atoms with van der Waals surface area (Å²) in [6, 6.07) is 14.3. The summed E-state index contributed by atoms with van der Waals surface area (Å²) in [6.45, 7) is 0. The molecule has 3 rings (SSSR count). The molecule has 2 atom stereocenters. The lowest BCUT2D eigenvalue weighted by Gasteiger charge is -2.18. The molecule has 0 spiro atoms. The molecule has 26 heavy (non-hydrogen) atoms. The lowest BCUT2D eigenvalue weighted by Crippen LogP contribution is -2.45. The second-order valence-corrected chi connectivity index (χ2v) is 6.15. The summed E-state index contributed by atoms with van der Waals surface area (Å²) in [6.07, 6.45) is 0.466. The van der Waals surface area contributed by atoms with Crippen molar-refractivity contribution in [3.63, 3.8) is 0 Å². The van der Waals surface area contributed by atoms with Gasteiger partial charge in [-0.3, -0.25) is 4.79 Å². The molecule has 0 bridgehead atoms. The molecular formula is C20H21NO5. The summed E-state index contributed by atoms with van der Waals surface area (Å²) in [5.41, 5.74) is 0.302. The van der Waals surface area contributed by atoms with Gasteiger partial charge in [0.05, 0.1) is 21.3 Å². The minimum atomic E-state index is -1.07. The maximum absolute atomic E-state index is 12.6. The first-order valence-electron chi connectivity index (χ1n) is 8.23. The number of methoxy groups -OCH3 is 3. The van der Waals surface area contributed by atoms with Crippen molar-refractivity contribution < 1.29 is 23.8 Å². The smallest absolute Gasteiger partial charge is 0.332 e. The summed E-state index contributed by atoms with van der Waals surface area (Å²) in [4.78, 5) is 25.0. The molecule has 0 heterocycles. The second kappa shape index (κ2) is 7.07. The third-order valence-electron chi connectivity index (χ3n) is 4.69. The van der Waals surface area contributed by atoms with Gasteiger partial charge in [-0.05, 0) is 36.2 Å². The zero-order valence-electron chi connectivity index (χ0n) is 14.9. The molecule has 136 valence electrons. The molecule has 6 heteroatoms. The highest BCUT2D eigenvalue weighted by molar-refractivity contribution is 6.00. The van der Waals surface area contributed by atoms with Gasteiger partial charge in [0.1, 0.15) is 5.54 Å². The molecule has 2 aromatic rings. The second-order valence-electron chi connectivity index (χ2n) is 6.15. The van der Waals surface area contributed by atoms with Crippen LogP contribution in [0.15, 0.2) is 48.5 Å². The van der Waals surface area contributed by atoms with Crippen molar-refractivity contribution in [2.45, 2.75) is 17.9 Å². The van der Waals surface area contributed by atoms with E-state index in [9.17, 15) is 9.59 Å². The van der Waals surface area contributed by atoms with Gasteiger partial charge in [-0.2, -0.15) is 0 Å². The maximum atomic E-state index is 12.6. The molecule has 1 saturated carbocycles. The molecule has 2 aromatic carbocycles. The van der Waals surface area contributed by atoms with Crippen LogP contribution < -0.4 is 14.8 Å². The fraction of sp³-hybridized carbons (Fsp3) is 0.300. The molecule has 0 aliphatic heterocycles. The van der Waals surface area contributed by atoms with E-state index in [1.165, 1.54) is 7.11 Å². The average molecular weight is 355 g/mol. The van der Waals surface area contributed by atoms with Crippen molar-refractivity contribution in [2.24, 2.45) is 0 Å². The monoisotopic (exact) mass is 355 g/mol. The first-order chi connectivity index (χ1) is 12.6. The predicted molar refractivity (Wildman–Crippen MR) is 95.6 cm³/mol. The van der Waals surface area contributed by atoms with E-state index in [-0.39, 0.29) is 11.8 Å². The lowest BCUT2D eigenvalue weighted by atomic mass is 10.0. The zero-order valence-corrected chi connectivity index (χ0v) is 14.9. The van der Waals surface area contributed by atoms with Crippen LogP contribution in [0.2, 0.25) is 0 Å². The molecule has 1 fully saturated rings. The van der Waals surface area contributed by atoms with Gasteiger partial charge < -0.3 is 19.5 Å². The Labute approximate surface area is 152 Å². The van der Waals surface area contributed by atoms with Gasteiger partial charge in [-0.15, -0.1) is 0 Å². The van der Waals surface area contributed by atoms with E-state index in [1.54, 1.807) is 44.6 Å². The van der Waals surface area contributed by atoms with Gasteiger partial charge >= 0.3 is 5.97 Å². The topological polar surface area (TPSA) is 73.9 Å². The van der Waals surface area contributed by atoms with Gasteiger partial charge in [-0.1, -0.05) is 24.3 Å². The highest BCUT2D eigenvalue weighted by Crippen LogP contribution is 2.53. The largest absolute Gasteiger partial charge is 0.493 e. The molecule has 0 radical (unpaired) electrons. The predicted octanol–water partition coefficient (Wildman–Crippen LogP) is 2.53. The Morgan fingerprint density at radius 1 is 1.00 bits per heavy atom. The first kappa shape index (κ1) is 17.8. The quantitative estimate of drug-likeness (QED) is 0.806. The van der Waals surface area contributed by atoms with E-state index in [2.05, 4.69) is 5.32 Å². The fourth-order valence-corrected chi connectivity index (χ4v) is 3.20. The Kier molecular flexibility index (Phi) is 4.84. The molecule has 1 aliphatic carbocycles. The van der Waals surface area contributed by atoms with Crippen LogP contribution in [0, 0.1) is 0 Å². The van der Waals surface area contributed by atoms with Crippen LogP contribution in [0.3, 0.4) is 0 Å². The number of carbonyl (C=O) groups is 2. The van der Waals surface area contributed by atoms with Crippen LogP contribution in [0.5, 0.6) is 11.5 Å². The van der Waals surface area contributed by atoms with Crippen LogP contribution in [0.4, 0.5) is 0 Å². The van der Waals surface area contributed by atoms with Crippen molar-refractivity contribution in [1.29, 1.82) is 0 Å². The SMILES string of the molecule is COC(=O)[C@@]1(NC(=O)c2ccccc2)C[C@@H]1c1ccc(OC)c(OC)c1. The highest BCUT2D eigenvalue weighted by atomic mass is 16.5. The van der Waals surface area contributed by atoms with Crippen LogP contribution in [-0.4, -0.2) is 38.7 Å². The van der Waals surface area contributed by atoms with Crippen LogP contribution >= 0.6 is 0 Å². The first-order valence-corrected chi connectivity index (χ1v) is 8.23. The Balaban J connectivity index is 1.87. The zero-order chi connectivity index (χ0) is 18.7.